The number of rotatable bonds is 2. The van der Waals surface area contributed by atoms with Gasteiger partial charge in [0.25, 0.3) is 0 Å². The molecular formula is C11H17NO. The van der Waals surface area contributed by atoms with Crippen molar-refractivity contribution < 1.29 is 0 Å². The van der Waals surface area contributed by atoms with Crippen LogP contribution in [0.4, 0.5) is 0 Å². The van der Waals surface area contributed by atoms with Crippen LogP contribution in [0.15, 0.2) is 17.1 Å². The maximum atomic E-state index is 11.6. The van der Waals surface area contributed by atoms with Crippen LogP contribution >= 0.6 is 0 Å². The number of hydrogen-bond acceptors (Lipinski definition) is 1. The Balaban J connectivity index is 3.35. The Hall–Kier alpha value is -1.05. The SMILES string of the molecule is CC(C)c1[nH]ccc(=O)c1C(C)C. The van der Waals surface area contributed by atoms with Gasteiger partial charge in [-0.3, -0.25) is 4.79 Å². The normalized spacial score (nSPS) is 11.2. The van der Waals surface area contributed by atoms with Crippen molar-refractivity contribution in [3.63, 3.8) is 0 Å². The van der Waals surface area contributed by atoms with Crippen LogP contribution in [0.1, 0.15) is 50.8 Å². The van der Waals surface area contributed by atoms with Gasteiger partial charge in [-0.25, -0.2) is 0 Å². The summed E-state index contributed by atoms with van der Waals surface area (Å²) >= 11 is 0. The molecule has 0 bridgehead atoms. The van der Waals surface area contributed by atoms with Gasteiger partial charge in [0.1, 0.15) is 0 Å². The molecule has 1 rings (SSSR count). The van der Waals surface area contributed by atoms with E-state index >= 15 is 0 Å². The Bertz CT molecular complexity index is 336. The number of hydrogen-bond donors (Lipinski definition) is 1. The minimum atomic E-state index is 0.150. The largest absolute Gasteiger partial charge is 0.364 e. The molecular weight excluding hydrogens is 162 g/mol. The first kappa shape index (κ1) is 10.0. The van der Waals surface area contributed by atoms with Crippen molar-refractivity contribution in [2.45, 2.75) is 39.5 Å². The fourth-order valence-corrected chi connectivity index (χ4v) is 1.58. The summed E-state index contributed by atoms with van der Waals surface area (Å²) in [5.74, 6) is 0.675. The quantitative estimate of drug-likeness (QED) is 0.743. The van der Waals surface area contributed by atoms with Crippen molar-refractivity contribution in [1.82, 2.24) is 4.98 Å². The molecule has 0 saturated heterocycles. The molecule has 0 fully saturated rings. The third-order valence-corrected chi connectivity index (χ3v) is 2.18. The predicted molar refractivity (Wildman–Crippen MR) is 55.2 cm³/mol. The lowest BCUT2D eigenvalue weighted by Gasteiger charge is -2.13. The van der Waals surface area contributed by atoms with Gasteiger partial charge in [-0.05, 0) is 11.8 Å². The highest BCUT2D eigenvalue weighted by Crippen LogP contribution is 2.20. The number of aromatic nitrogens is 1. The van der Waals surface area contributed by atoms with Crippen LogP contribution in [0.5, 0.6) is 0 Å². The molecule has 1 N–H and O–H groups in total. The summed E-state index contributed by atoms with van der Waals surface area (Å²) < 4.78 is 0. The Morgan fingerprint density at radius 1 is 1.15 bits per heavy atom. The third-order valence-electron chi connectivity index (χ3n) is 2.18. The van der Waals surface area contributed by atoms with Gasteiger partial charge in [-0.2, -0.15) is 0 Å². The fourth-order valence-electron chi connectivity index (χ4n) is 1.58. The summed E-state index contributed by atoms with van der Waals surface area (Å²) in [6.07, 6.45) is 1.73. The Labute approximate surface area is 79.0 Å². The molecule has 1 aromatic heterocycles. The number of aromatic amines is 1. The molecule has 1 heterocycles. The molecule has 1 aromatic rings. The van der Waals surface area contributed by atoms with Crippen LogP contribution in [0.2, 0.25) is 0 Å². The number of pyridine rings is 1. The summed E-state index contributed by atoms with van der Waals surface area (Å²) in [6, 6.07) is 1.60. The highest BCUT2D eigenvalue weighted by Gasteiger charge is 2.12. The van der Waals surface area contributed by atoms with Crippen LogP contribution < -0.4 is 5.43 Å². The lowest BCUT2D eigenvalue weighted by molar-refractivity contribution is 0.751. The highest BCUT2D eigenvalue weighted by atomic mass is 16.1. The molecule has 0 aliphatic heterocycles. The van der Waals surface area contributed by atoms with E-state index in [2.05, 4.69) is 32.7 Å². The standard InChI is InChI=1S/C11H17NO/c1-7(2)10-9(13)5-6-12-11(10)8(3)4/h5-8H,1-4H3,(H,12,13). The number of H-pyrrole nitrogens is 1. The Kier molecular flexibility index (Phi) is 2.91. The zero-order valence-corrected chi connectivity index (χ0v) is 8.72. The smallest absolute Gasteiger partial charge is 0.185 e. The minimum Gasteiger partial charge on any atom is -0.364 e. The molecule has 0 atom stereocenters. The topological polar surface area (TPSA) is 32.9 Å². The Morgan fingerprint density at radius 2 is 1.77 bits per heavy atom. The van der Waals surface area contributed by atoms with Crippen molar-refractivity contribution in [2.75, 3.05) is 0 Å². The molecule has 72 valence electrons. The molecule has 0 spiro atoms. The Morgan fingerprint density at radius 3 is 2.15 bits per heavy atom. The molecule has 0 aromatic carbocycles. The second-order valence-corrected chi connectivity index (χ2v) is 3.98. The molecule has 2 nitrogen and oxygen atoms in total. The maximum Gasteiger partial charge on any atom is 0.185 e. The van der Waals surface area contributed by atoms with Gasteiger partial charge >= 0.3 is 0 Å². The van der Waals surface area contributed by atoms with E-state index in [4.69, 9.17) is 0 Å². The molecule has 0 saturated carbocycles. The van der Waals surface area contributed by atoms with Crippen molar-refractivity contribution in [3.05, 3.63) is 33.7 Å². The average molecular weight is 179 g/mol. The molecule has 0 radical (unpaired) electrons. The van der Waals surface area contributed by atoms with Gasteiger partial charge in [-0.1, -0.05) is 27.7 Å². The van der Waals surface area contributed by atoms with E-state index in [1.807, 2.05) is 0 Å². The van der Waals surface area contributed by atoms with Crippen LogP contribution in [-0.4, -0.2) is 4.98 Å². The van der Waals surface area contributed by atoms with Crippen LogP contribution in [0.3, 0.4) is 0 Å². The zero-order valence-electron chi connectivity index (χ0n) is 8.72. The van der Waals surface area contributed by atoms with E-state index < -0.39 is 0 Å². The average Bonchev–Trinajstić information content (AvgIpc) is 2.02. The van der Waals surface area contributed by atoms with E-state index in [9.17, 15) is 4.79 Å². The summed E-state index contributed by atoms with van der Waals surface area (Å²) in [5, 5.41) is 0. The van der Waals surface area contributed by atoms with E-state index in [-0.39, 0.29) is 5.43 Å². The summed E-state index contributed by atoms with van der Waals surface area (Å²) in [4.78, 5) is 14.7. The van der Waals surface area contributed by atoms with Gasteiger partial charge in [0.2, 0.25) is 0 Å². The van der Waals surface area contributed by atoms with Gasteiger partial charge < -0.3 is 4.98 Å². The van der Waals surface area contributed by atoms with Crippen molar-refractivity contribution in [2.24, 2.45) is 0 Å². The van der Waals surface area contributed by atoms with Crippen molar-refractivity contribution >= 4 is 0 Å². The summed E-state index contributed by atoms with van der Waals surface area (Å²) in [7, 11) is 0. The maximum absolute atomic E-state index is 11.6. The van der Waals surface area contributed by atoms with Gasteiger partial charge in [0.05, 0.1) is 0 Å². The second-order valence-electron chi connectivity index (χ2n) is 3.98. The van der Waals surface area contributed by atoms with E-state index in [1.165, 1.54) is 0 Å². The highest BCUT2D eigenvalue weighted by molar-refractivity contribution is 5.25. The van der Waals surface area contributed by atoms with Crippen LogP contribution in [0, 0.1) is 0 Å². The van der Waals surface area contributed by atoms with Gasteiger partial charge in [0, 0.05) is 23.5 Å². The third kappa shape index (κ3) is 2.00. The predicted octanol–water partition coefficient (Wildman–Crippen LogP) is 2.62. The molecule has 0 aliphatic rings. The molecule has 0 amide bonds. The lowest BCUT2D eigenvalue weighted by atomic mass is 9.95. The summed E-state index contributed by atoms with van der Waals surface area (Å²) in [5.41, 5.74) is 2.15. The van der Waals surface area contributed by atoms with E-state index in [0.29, 0.717) is 11.8 Å². The molecule has 2 heteroatoms. The van der Waals surface area contributed by atoms with Gasteiger partial charge in [-0.15, -0.1) is 0 Å². The summed E-state index contributed by atoms with van der Waals surface area (Å²) in [6.45, 7) is 8.29. The molecule has 0 unspecified atom stereocenters. The monoisotopic (exact) mass is 179 g/mol. The van der Waals surface area contributed by atoms with E-state index in [0.717, 1.165) is 11.3 Å². The lowest BCUT2D eigenvalue weighted by Crippen LogP contribution is -2.15. The zero-order chi connectivity index (χ0) is 10.0. The number of nitrogens with one attached hydrogen (secondary N) is 1. The fraction of sp³-hybridized carbons (Fsp3) is 0.545. The molecule has 13 heavy (non-hydrogen) atoms. The van der Waals surface area contributed by atoms with Crippen molar-refractivity contribution in [1.29, 1.82) is 0 Å². The molecule has 0 aliphatic carbocycles. The first-order chi connectivity index (χ1) is 6.04. The first-order valence-electron chi connectivity index (χ1n) is 4.75. The second kappa shape index (κ2) is 3.77. The first-order valence-corrected chi connectivity index (χ1v) is 4.75. The van der Waals surface area contributed by atoms with Crippen LogP contribution in [-0.2, 0) is 0 Å². The van der Waals surface area contributed by atoms with E-state index in [1.54, 1.807) is 12.3 Å². The van der Waals surface area contributed by atoms with Crippen molar-refractivity contribution in [3.8, 4) is 0 Å². The van der Waals surface area contributed by atoms with Gasteiger partial charge in [0.15, 0.2) is 5.43 Å². The van der Waals surface area contributed by atoms with Crippen LogP contribution in [0.25, 0.3) is 0 Å². The minimum absolute atomic E-state index is 0.150.